The number of ether oxygens (including phenoxy) is 1. The van der Waals surface area contributed by atoms with Crippen molar-refractivity contribution < 1.29 is 19.4 Å². The first-order valence-electron chi connectivity index (χ1n) is 10.5. The first-order valence-corrected chi connectivity index (χ1v) is 10.9. The number of amides is 1. The van der Waals surface area contributed by atoms with E-state index in [0.29, 0.717) is 34.2 Å². The van der Waals surface area contributed by atoms with Gasteiger partial charge in [0.1, 0.15) is 11.5 Å². The standard InChI is InChI=1S/C26H23ClN2O4/c1-4-33-21-10-7-17(12-16(21)3)24(30)22-23(18-6-5-11-28-14-18)29(26(32)25(22)31)20-9-8-19(27)13-15(20)2/h5-14,23,30H,4H2,1-3H3/b24-22+. The molecule has 2 aromatic carbocycles. The Bertz CT molecular complexity index is 1270. The molecule has 0 bridgehead atoms. The normalized spacial score (nSPS) is 17.5. The summed E-state index contributed by atoms with van der Waals surface area (Å²) in [6, 6.07) is 12.9. The van der Waals surface area contributed by atoms with Crippen LogP contribution < -0.4 is 9.64 Å². The molecular weight excluding hydrogens is 440 g/mol. The molecule has 1 saturated heterocycles. The quantitative estimate of drug-likeness (QED) is 0.313. The molecule has 1 unspecified atom stereocenters. The number of rotatable bonds is 5. The fourth-order valence-corrected chi connectivity index (χ4v) is 4.32. The average Bonchev–Trinajstić information content (AvgIpc) is 3.06. The third-order valence-corrected chi connectivity index (χ3v) is 5.85. The highest BCUT2D eigenvalue weighted by molar-refractivity contribution is 6.51. The molecule has 1 amide bonds. The highest BCUT2D eigenvalue weighted by atomic mass is 35.5. The molecule has 33 heavy (non-hydrogen) atoms. The van der Waals surface area contributed by atoms with E-state index in [2.05, 4.69) is 4.98 Å². The lowest BCUT2D eigenvalue weighted by Gasteiger charge is -2.26. The minimum Gasteiger partial charge on any atom is -0.507 e. The van der Waals surface area contributed by atoms with Crippen LogP contribution in [-0.4, -0.2) is 28.4 Å². The van der Waals surface area contributed by atoms with Crippen molar-refractivity contribution in [3.8, 4) is 5.75 Å². The van der Waals surface area contributed by atoms with Crippen molar-refractivity contribution >= 4 is 34.7 Å². The number of hydrogen-bond donors (Lipinski definition) is 1. The molecule has 1 aliphatic heterocycles. The van der Waals surface area contributed by atoms with Gasteiger partial charge in [0.05, 0.1) is 18.2 Å². The van der Waals surface area contributed by atoms with Crippen LogP contribution in [0, 0.1) is 13.8 Å². The van der Waals surface area contributed by atoms with E-state index in [1.807, 2.05) is 20.8 Å². The van der Waals surface area contributed by atoms with Gasteiger partial charge in [-0.05, 0) is 79.9 Å². The number of aromatic nitrogens is 1. The second-order valence-corrected chi connectivity index (χ2v) is 8.24. The van der Waals surface area contributed by atoms with Crippen LogP contribution in [0.2, 0.25) is 5.02 Å². The van der Waals surface area contributed by atoms with Gasteiger partial charge in [0.15, 0.2) is 0 Å². The van der Waals surface area contributed by atoms with E-state index in [1.165, 1.54) is 4.90 Å². The number of carbonyl (C=O) groups excluding carboxylic acids is 2. The molecule has 3 aromatic rings. The first kappa shape index (κ1) is 22.6. The maximum atomic E-state index is 13.2. The largest absolute Gasteiger partial charge is 0.507 e. The molecule has 2 heterocycles. The van der Waals surface area contributed by atoms with Crippen molar-refractivity contribution in [1.82, 2.24) is 4.98 Å². The maximum Gasteiger partial charge on any atom is 0.300 e. The Hall–Kier alpha value is -3.64. The van der Waals surface area contributed by atoms with Gasteiger partial charge in [0, 0.05) is 28.7 Å². The van der Waals surface area contributed by atoms with Gasteiger partial charge >= 0.3 is 0 Å². The molecule has 1 aromatic heterocycles. The molecule has 1 fully saturated rings. The van der Waals surface area contributed by atoms with Crippen LogP contribution in [0.4, 0.5) is 5.69 Å². The SMILES string of the molecule is CCOc1ccc(/C(O)=C2\C(=O)C(=O)N(c3ccc(Cl)cc3C)C2c2cccnc2)cc1C. The minimum atomic E-state index is -0.842. The van der Waals surface area contributed by atoms with Gasteiger partial charge < -0.3 is 9.84 Å². The van der Waals surface area contributed by atoms with Gasteiger partial charge in [-0.25, -0.2) is 0 Å². The van der Waals surface area contributed by atoms with E-state index in [4.69, 9.17) is 16.3 Å². The van der Waals surface area contributed by atoms with Crippen LogP contribution in [0.3, 0.4) is 0 Å². The fourth-order valence-electron chi connectivity index (χ4n) is 4.09. The Morgan fingerprint density at radius 2 is 1.91 bits per heavy atom. The van der Waals surface area contributed by atoms with E-state index in [-0.39, 0.29) is 11.3 Å². The number of anilines is 1. The van der Waals surface area contributed by atoms with E-state index < -0.39 is 17.7 Å². The van der Waals surface area contributed by atoms with Gasteiger partial charge in [-0.3, -0.25) is 19.5 Å². The number of pyridine rings is 1. The summed E-state index contributed by atoms with van der Waals surface area (Å²) in [5, 5.41) is 11.8. The van der Waals surface area contributed by atoms with E-state index >= 15 is 0 Å². The number of nitrogens with zero attached hydrogens (tertiary/aromatic N) is 2. The van der Waals surface area contributed by atoms with Crippen LogP contribution in [0.1, 0.15) is 35.2 Å². The zero-order valence-corrected chi connectivity index (χ0v) is 19.3. The molecule has 1 aliphatic rings. The van der Waals surface area contributed by atoms with Crippen molar-refractivity contribution in [1.29, 1.82) is 0 Å². The molecule has 0 radical (unpaired) electrons. The number of Topliss-reactive ketones (excluding diaryl/α,β-unsaturated/α-hetero) is 1. The topological polar surface area (TPSA) is 79.7 Å². The number of aliphatic hydroxyl groups is 1. The van der Waals surface area contributed by atoms with Gasteiger partial charge in [-0.1, -0.05) is 17.7 Å². The summed E-state index contributed by atoms with van der Waals surface area (Å²) in [5.74, 6) is -1.04. The molecule has 6 nitrogen and oxygen atoms in total. The van der Waals surface area contributed by atoms with Crippen molar-refractivity contribution in [2.24, 2.45) is 0 Å². The predicted molar refractivity (Wildman–Crippen MR) is 128 cm³/mol. The average molecular weight is 463 g/mol. The van der Waals surface area contributed by atoms with Crippen LogP contribution in [0.15, 0.2) is 66.5 Å². The summed E-state index contributed by atoms with van der Waals surface area (Å²) in [7, 11) is 0. The van der Waals surface area contributed by atoms with Crippen molar-refractivity contribution in [2.75, 3.05) is 11.5 Å². The Labute approximate surface area is 197 Å². The Kier molecular flexibility index (Phi) is 6.20. The van der Waals surface area contributed by atoms with Crippen molar-refractivity contribution in [2.45, 2.75) is 26.8 Å². The molecule has 4 rings (SSSR count). The van der Waals surface area contributed by atoms with Crippen LogP contribution in [0.25, 0.3) is 5.76 Å². The van der Waals surface area contributed by atoms with E-state index in [0.717, 1.165) is 11.1 Å². The number of carbonyl (C=O) groups is 2. The predicted octanol–water partition coefficient (Wildman–Crippen LogP) is 5.38. The fraction of sp³-hybridized carbons (Fsp3) is 0.192. The third-order valence-electron chi connectivity index (χ3n) is 5.61. The highest BCUT2D eigenvalue weighted by Gasteiger charge is 2.47. The summed E-state index contributed by atoms with van der Waals surface area (Å²) in [6.45, 7) is 6.08. The van der Waals surface area contributed by atoms with E-state index in [1.54, 1.807) is 60.9 Å². The summed E-state index contributed by atoms with van der Waals surface area (Å²) in [4.78, 5) is 32.0. The van der Waals surface area contributed by atoms with Gasteiger partial charge in [0.25, 0.3) is 11.7 Å². The zero-order valence-electron chi connectivity index (χ0n) is 18.5. The number of aliphatic hydroxyl groups excluding tert-OH is 1. The number of benzene rings is 2. The van der Waals surface area contributed by atoms with Gasteiger partial charge in [0.2, 0.25) is 0 Å². The minimum absolute atomic E-state index is 0.00547. The number of aryl methyl sites for hydroxylation is 2. The molecule has 7 heteroatoms. The first-order chi connectivity index (χ1) is 15.8. The molecule has 0 aliphatic carbocycles. The molecular formula is C26H23ClN2O4. The second-order valence-electron chi connectivity index (χ2n) is 7.80. The second kappa shape index (κ2) is 9.08. The van der Waals surface area contributed by atoms with Crippen molar-refractivity contribution in [3.63, 3.8) is 0 Å². The zero-order chi connectivity index (χ0) is 23.7. The Morgan fingerprint density at radius 1 is 1.12 bits per heavy atom. The van der Waals surface area contributed by atoms with Crippen LogP contribution >= 0.6 is 11.6 Å². The number of halogens is 1. The number of ketones is 1. The van der Waals surface area contributed by atoms with E-state index in [9.17, 15) is 14.7 Å². The highest BCUT2D eigenvalue weighted by Crippen LogP contribution is 2.43. The molecule has 0 spiro atoms. The molecule has 168 valence electrons. The van der Waals surface area contributed by atoms with Crippen LogP contribution in [0.5, 0.6) is 5.75 Å². The molecule has 0 saturated carbocycles. The lowest BCUT2D eigenvalue weighted by molar-refractivity contribution is -0.132. The van der Waals surface area contributed by atoms with Crippen LogP contribution in [-0.2, 0) is 9.59 Å². The lowest BCUT2D eigenvalue weighted by atomic mass is 9.95. The Balaban J connectivity index is 1.92. The molecule has 1 atom stereocenters. The summed E-state index contributed by atoms with van der Waals surface area (Å²) in [5.41, 5.74) is 3.12. The molecule has 1 N–H and O–H groups in total. The third kappa shape index (κ3) is 4.10. The lowest BCUT2D eigenvalue weighted by Crippen LogP contribution is -2.30. The monoisotopic (exact) mass is 462 g/mol. The van der Waals surface area contributed by atoms with Gasteiger partial charge in [-0.15, -0.1) is 0 Å². The summed E-state index contributed by atoms with van der Waals surface area (Å²) in [6.07, 6.45) is 3.20. The number of hydrogen-bond acceptors (Lipinski definition) is 5. The maximum absolute atomic E-state index is 13.2. The summed E-state index contributed by atoms with van der Waals surface area (Å²) >= 11 is 6.11. The smallest absolute Gasteiger partial charge is 0.300 e. The summed E-state index contributed by atoms with van der Waals surface area (Å²) < 4.78 is 5.58. The Morgan fingerprint density at radius 3 is 2.55 bits per heavy atom. The van der Waals surface area contributed by atoms with Crippen molar-refractivity contribution in [3.05, 3.63) is 93.8 Å². The van der Waals surface area contributed by atoms with Gasteiger partial charge in [-0.2, -0.15) is 0 Å².